The molecule has 120 valence electrons. The van der Waals surface area contributed by atoms with Crippen LogP contribution in [0.2, 0.25) is 0 Å². The van der Waals surface area contributed by atoms with Crippen LogP contribution in [0.4, 0.5) is 0 Å². The Kier molecular flexibility index (Phi) is 3.92. The third-order valence-electron chi connectivity index (χ3n) is 3.15. The van der Waals surface area contributed by atoms with E-state index < -0.39 is 10.0 Å². The largest absolute Gasteiger partial charge is 0.360 e. The topological polar surface area (TPSA) is 116 Å². The van der Waals surface area contributed by atoms with E-state index in [2.05, 4.69) is 25.2 Å². The second kappa shape index (κ2) is 5.89. The van der Waals surface area contributed by atoms with Crippen molar-refractivity contribution in [1.82, 2.24) is 29.9 Å². The lowest BCUT2D eigenvalue weighted by Gasteiger charge is -2.03. The maximum Gasteiger partial charge on any atom is 0.246 e. The number of nitrogens with one attached hydrogen (secondary N) is 1. The lowest BCUT2D eigenvalue weighted by molar-refractivity contribution is 0.390. The minimum Gasteiger partial charge on any atom is -0.360 e. The molecule has 0 amide bonds. The smallest absolute Gasteiger partial charge is 0.246 e. The van der Waals surface area contributed by atoms with Gasteiger partial charge in [0.25, 0.3) is 0 Å². The Morgan fingerprint density at radius 1 is 1.26 bits per heavy atom. The summed E-state index contributed by atoms with van der Waals surface area (Å²) < 4.78 is 33.5. The molecule has 3 rings (SSSR count). The molecule has 10 heteroatoms. The summed E-state index contributed by atoms with van der Waals surface area (Å²) in [5.41, 5.74) is 1.58. The van der Waals surface area contributed by atoms with Gasteiger partial charge in [0, 0.05) is 12.4 Å². The summed E-state index contributed by atoms with van der Waals surface area (Å²) in [5.74, 6) is 0.246. The van der Waals surface area contributed by atoms with E-state index in [1.165, 1.54) is 0 Å². The number of aryl methyl sites for hydroxylation is 2. The quantitative estimate of drug-likeness (QED) is 0.731. The highest BCUT2D eigenvalue weighted by atomic mass is 32.2. The van der Waals surface area contributed by atoms with E-state index in [4.69, 9.17) is 4.52 Å². The Bertz CT molecular complexity index is 897. The molecule has 0 atom stereocenters. The van der Waals surface area contributed by atoms with Crippen LogP contribution in [-0.2, 0) is 16.6 Å². The minimum atomic E-state index is -3.73. The molecule has 0 aromatic carbocycles. The van der Waals surface area contributed by atoms with Crippen LogP contribution in [0.3, 0.4) is 0 Å². The van der Waals surface area contributed by atoms with Crippen LogP contribution in [0, 0.1) is 13.8 Å². The Labute approximate surface area is 132 Å². The fourth-order valence-electron chi connectivity index (χ4n) is 2.10. The molecule has 0 fully saturated rings. The minimum absolute atomic E-state index is 0.0114. The molecule has 0 aliphatic heterocycles. The SMILES string of the molecule is Cc1noc(C)c1S(=O)(=O)NCc1cn(-c2ccncc2)nn1. The fraction of sp³-hybridized carbons (Fsp3) is 0.231. The molecule has 0 aliphatic carbocycles. The number of nitrogens with zero attached hydrogens (tertiary/aromatic N) is 5. The van der Waals surface area contributed by atoms with E-state index in [1.54, 1.807) is 49.3 Å². The summed E-state index contributed by atoms with van der Waals surface area (Å²) in [6.45, 7) is 3.14. The van der Waals surface area contributed by atoms with Crippen molar-refractivity contribution in [2.45, 2.75) is 25.3 Å². The van der Waals surface area contributed by atoms with Crippen LogP contribution in [0.5, 0.6) is 0 Å². The summed E-state index contributed by atoms with van der Waals surface area (Å²) in [7, 11) is -3.73. The molecule has 9 nitrogen and oxygen atoms in total. The van der Waals surface area contributed by atoms with Crippen molar-refractivity contribution in [3.63, 3.8) is 0 Å². The number of aromatic nitrogens is 5. The Morgan fingerprint density at radius 3 is 2.65 bits per heavy atom. The first-order chi connectivity index (χ1) is 11.0. The number of hydrogen-bond donors (Lipinski definition) is 1. The van der Waals surface area contributed by atoms with E-state index >= 15 is 0 Å². The number of hydrogen-bond acceptors (Lipinski definition) is 7. The summed E-state index contributed by atoms with van der Waals surface area (Å²) in [6, 6.07) is 3.54. The molecule has 3 aromatic heterocycles. The van der Waals surface area contributed by atoms with Gasteiger partial charge in [0.05, 0.1) is 24.1 Å². The van der Waals surface area contributed by atoms with Crippen molar-refractivity contribution in [2.75, 3.05) is 0 Å². The first kappa shape index (κ1) is 15.3. The molecule has 1 N–H and O–H groups in total. The number of rotatable bonds is 5. The van der Waals surface area contributed by atoms with E-state index in [0.717, 1.165) is 5.69 Å². The molecule has 0 unspecified atom stereocenters. The van der Waals surface area contributed by atoms with Gasteiger partial charge < -0.3 is 4.52 Å². The summed E-state index contributed by atoms with van der Waals surface area (Å²) in [4.78, 5) is 3.98. The summed E-state index contributed by atoms with van der Waals surface area (Å²) in [5, 5.41) is 11.6. The van der Waals surface area contributed by atoms with Crippen molar-refractivity contribution < 1.29 is 12.9 Å². The fourth-order valence-corrected chi connectivity index (χ4v) is 3.43. The van der Waals surface area contributed by atoms with E-state index in [0.29, 0.717) is 11.4 Å². The van der Waals surface area contributed by atoms with Crippen LogP contribution in [0.25, 0.3) is 5.69 Å². The second-order valence-corrected chi connectivity index (χ2v) is 6.54. The third kappa shape index (κ3) is 3.12. The van der Waals surface area contributed by atoms with Gasteiger partial charge in [-0.25, -0.2) is 17.8 Å². The summed E-state index contributed by atoms with van der Waals surface area (Å²) in [6.07, 6.45) is 4.92. The van der Waals surface area contributed by atoms with Crippen LogP contribution < -0.4 is 4.72 Å². The van der Waals surface area contributed by atoms with Gasteiger partial charge in [-0.3, -0.25) is 4.98 Å². The molecule has 0 bridgehead atoms. The molecule has 3 aromatic rings. The maximum atomic E-state index is 12.3. The normalized spacial score (nSPS) is 11.7. The van der Waals surface area contributed by atoms with E-state index in [1.807, 2.05) is 0 Å². The highest BCUT2D eigenvalue weighted by molar-refractivity contribution is 7.89. The molecular weight excluding hydrogens is 320 g/mol. The van der Waals surface area contributed by atoms with Gasteiger partial charge >= 0.3 is 0 Å². The zero-order valence-electron chi connectivity index (χ0n) is 12.5. The molecule has 3 heterocycles. The van der Waals surface area contributed by atoms with Crippen molar-refractivity contribution in [3.8, 4) is 5.69 Å². The zero-order chi connectivity index (χ0) is 16.4. The van der Waals surface area contributed by atoms with Gasteiger partial charge in [0.15, 0.2) is 5.76 Å². The van der Waals surface area contributed by atoms with Crippen LogP contribution in [0.1, 0.15) is 17.1 Å². The maximum absolute atomic E-state index is 12.3. The van der Waals surface area contributed by atoms with Gasteiger partial charge in [-0.1, -0.05) is 10.4 Å². The Hall–Kier alpha value is -2.59. The van der Waals surface area contributed by atoms with Crippen LogP contribution in [-0.4, -0.2) is 33.6 Å². The van der Waals surface area contributed by atoms with E-state index in [-0.39, 0.29) is 17.2 Å². The van der Waals surface area contributed by atoms with Crippen LogP contribution in [0.15, 0.2) is 40.1 Å². The van der Waals surface area contributed by atoms with Gasteiger partial charge in [0.1, 0.15) is 10.6 Å². The number of sulfonamides is 1. The van der Waals surface area contributed by atoms with Gasteiger partial charge in [-0.15, -0.1) is 5.10 Å². The summed E-state index contributed by atoms with van der Waals surface area (Å²) >= 11 is 0. The predicted molar refractivity (Wildman–Crippen MR) is 79.2 cm³/mol. The highest BCUT2D eigenvalue weighted by Gasteiger charge is 2.24. The predicted octanol–water partition coefficient (Wildman–Crippen LogP) is 0.746. The molecule has 23 heavy (non-hydrogen) atoms. The lowest BCUT2D eigenvalue weighted by Crippen LogP contribution is -2.24. The molecule has 0 aliphatic rings. The molecule has 0 saturated carbocycles. The van der Waals surface area contributed by atoms with E-state index in [9.17, 15) is 8.42 Å². The average molecular weight is 334 g/mol. The van der Waals surface area contributed by atoms with Crippen molar-refractivity contribution in [1.29, 1.82) is 0 Å². The lowest BCUT2D eigenvalue weighted by atomic mass is 10.4. The molecule has 0 spiro atoms. The molecular formula is C13H14N6O3S. The Balaban J connectivity index is 1.75. The average Bonchev–Trinajstić information content (AvgIpc) is 3.13. The molecule has 0 saturated heterocycles. The third-order valence-corrected chi connectivity index (χ3v) is 4.79. The first-order valence-electron chi connectivity index (χ1n) is 6.71. The van der Waals surface area contributed by atoms with Crippen molar-refractivity contribution in [2.24, 2.45) is 0 Å². The standard InChI is InChI=1S/C13H14N6O3S/c1-9-13(10(2)22-17-9)23(20,21)15-7-11-8-19(18-16-11)12-3-5-14-6-4-12/h3-6,8,15H,7H2,1-2H3. The van der Waals surface area contributed by atoms with Crippen molar-refractivity contribution in [3.05, 3.63) is 47.9 Å². The molecule has 0 radical (unpaired) electrons. The second-order valence-electron chi connectivity index (χ2n) is 4.84. The van der Waals surface area contributed by atoms with Gasteiger partial charge in [-0.2, -0.15) is 0 Å². The highest BCUT2D eigenvalue weighted by Crippen LogP contribution is 2.18. The van der Waals surface area contributed by atoms with Gasteiger partial charge in [-0.05, 0) is 26.0 Å². The van der Waals surface area contributed by atoms with Crippen LogP contribution >= 0.6 is 0 Å². The van der Waals surface area contributed by atoms with Crippen molar-refractivity contribution >= 4 is 10.0 Å². The first-order valence-corrected chi connectivity index (χ1v) is 8.20. The van der Waals surface area contributed by atoms with Gasteiger partial charge in [0.2, 0.25) is 10.0 Å². The monoisotopic (exact) mass is 334 g/mol. The Morgan fingerprint density at radius 2 is 2.00 bits per heavy atom. The number of pyridine rings is 1. The zero-order valence-corrected chi connectivity index (χ0v) is 13.3.